The molecular weight excluding hydrogens is 312 g/mol. The molecule has 4 heteroatoms. The van der Waals surface area contributed by atoms with Crippen LogP contribution in [0.5, 0.6) is 0 Å². The average molecular weight is 336 g/mol. The molecule has 2 aromatic carbocycles. The van der Waals surface area contributed by atoms with Crippen LogP contribution >= 0.6 is 0 Å². The highest BCUT2D eigenvalue weighted by Crippen LogP contribution is 2.29. The molecule has 3 rings (SSSR count). The Kier molecular flexibility index (Phi) is 5.17. The van der Waals surface area contributed by atoms with Crippen molar-refractivity contribution >= 4 is 17.5 Å². The minimum Gasteiger partial charge on any atom is -0.349 e. The van der Waals surface area contributed by atoms with Crippen LogP contribution in [-0.4, -0.2) is 18.4 Å². The monoisotopic (exact) mass is 336 g/mol. The van der Waals surface area contributed by atoms with Crippen molar-refractivity contribution in [1.82, 2.24) is 5.32 Å². The Morgan fingerprint density at radius 3 is 2.64 bits per heavy atom. The third-order valence-corrected chi connectivity index (χ3v) is 4.61. The first-order chi connectivity index (χ1) is 12.0. The number of fused-ring (bicyclic) bond motifs is 1. The minimum absolute atomic E-state index is 0.0485. The number of benzene rings is 2. The molecule has 0 aliphatic carbocycles. The van der Waals surface area contributed by atoms with Gasteiger partial charge in [-0.15, -0.1) is 0 Å². The largest absolute Gasteiger partial charge is 0.349 e. The van der Waals surface area contributed by atoms with Crippen LogP contribution in [-0.2, 0) is 16.0 Å². The molecule has 0 spiro atoms. The third kappa shape index (κ3) is 4.08. The summed E-state index contributed by atoms with van der Waals surface area (Å²) >= 11 is 0. The Hall–Kier alpha value is -2.62. The van der Waals surface area contributed by atoms with Crippen LogP contribution in [0.3, 0.4) is 0 Å². The molecule has 0 saturated heterocycles. The molecule has 2 amide bonds. The Balaban J connectivity index is 1.82. The molecule has 1 aliphatic rings. The van der Waals surface area contributed by atoms with E-state index in [1.54, 1.807) is 0 Å². The summed E-state index contributed by atoms with van der Waals surface area (Å²) in [7, 11) is 0. The Labute approximate surface area is 148 Å². The van der Waals surface area contributed by atoms with Gasteiger partial charge in [-0.1, -0.05) is 48.0 Å². The summed E-state index contributed by atoms with van der Waals surface area (Å²) in [5.74, 6) is -0.0799. The van der Waals surface area contributed by atoms with Gasteiger partial charge in [0.2, 0.25) is 11.8 Å². The zero-order chi connectivity index (χ0) is 17.8. The Bertz CT molecular complexity index is 771. The summed E-state index contributed by atoms with van der Waals surface area (Å²) in [4.78, 5) is 26.4. The smallest absolute Gasteiger partial charge is 0.229 e. The van der Waals surface area contributed by atoms with Crippen molar-refractivity contribution < 1.29 is 9.59 Å². The van der Waals surface area contributed by atoms with Crippen molar-refractivity contribution in [2.45, 2.75) is 39.2 Å². The number of hydrogen-bond donors (Lipinski definition) is 1. The molecule has 1 atom stereocenters. The molecule has 2 aromatic rings. The van der Waals surface area contributed by atoms with Crippen LogP contribution in [0.4, 0.5) is 5.69 Å². The Morgan fingerprint density at radius 1 is 1.16 bits per heavy atom. The topological polar surface area (TPSA) is 49.4 Å². The average Bonchev–Trinajstić information content (AvgIpc) is 2.60. The maximum Gasteiger partial charge on any atom is 0.229 e. The van der Waals surface area contributed by atoms with Crippen LogP contribution in [0.15, 0.2) is 48.5 Å². The summed E-state index contributed by atoms with van der Waals surface area (Å²) in [6, 6.07) is 15.6. The molecule has 0 saturated carbocycles. The highest BCUT2D eigenvalue weighted by molar-refractivity contribution is 5.95. The van der Waals surface area contributed by atoms with Crippen LogP contribution < -0.4 is 10.2 Å². The van der Waals surface area contributed by atoms with Gasteiger partial charge in [-0.2, -0.15) is 0 Å². The molecule has 1 N–H and O–H groups in total. The summed E-state index contributed by atoms with van der Waals surface area (Å²) in [6.07, 6.45) is 2.24. The van der Waals surface area contributed by atoms with Gasteiger partial charge in [0.25, 0.3) is 0 Å². The summed E-state index contributed by atoms with van der Waals surface area (Å²) < 4.78 is 0. The SMILES string of the molecule is CC(=O)N[C@@H](CC(=O)N1CCCc2cc(C)ccc21)c1ccccc1. The molecule has 0 unspecified atom stereocenters. The quantitative estimate of drug-likeness (QED) is 0.928. The lowest BCUT2D eigenvalue weighted by molar-refractivity contribution is -0.121. The summed E-state index contributed by atoms with van der Waals surface area (Å²) in [5.41, 5.74) is 4.41. The van der Waals surface area contributed by atoms with Crippen molar-refractivity contribution in [3.63, 3.8) is 0 Å². The molecule has 0 radical (unpaired) electrons. The van der Waals surface area contributed by atoms with Crippen LogP contribution in [0, 0.1) is 6.92 Å². The van der Waals surface area contributed by atoms with Gasteiger partial charge in [0.15, 0.2) is 0 Å². The van der Waals surface area contributed by atoms with E-state index in [0.29, 0.717) is 0 Å². The summed E-state index contributed by atoms with van der Waals surface area (Å²) in [5, 5.41) is 2.91. The van der Waals surface area contributed by atoms with E-state index in [1.165, 1.54) is 18.1 Å². The predicted molar refractivity (Wildman–Crippen MR) is 99.5 cm³/mol. The van der Waals surface area contributed by atoms with Gasteiger partial charge in [0.1, 0.15) is 0 Å². The van der Waals surface area contributed by atoms with Crippen LogP contribution in [0.2, 0.25) is 0 Å². The zero-order valence-electron chi connectivity index (χ0n) is 14.8. The number of aryl methyl sites for hydroxylation is 2. The van der Waals surface area contributed by atoms with Crippen LogP contribution in [0.25, 0.3) is 0 Å². The number of hydrogen-bond acceptors (Lipinski definition) is 2. The molecule has 0 aromatic heterocycles. The van der Waals surface area contributed by atoms with E-state index in [-0.39, 0.29) is 24.3 Å². The molecule has 0 fully saturated rings. The predicted octanol–water partition coefficient (Wildman–Crippen LogP) is 3.54. The summed E-state index contributed by atoms with van der Waals surface area (Å²) in [6.45, 7) is 4.29. The van der Waals surface area contributed by atoms with Gasteiger partial charge in [-0.3, -0.25) is 9.59 Å². The third-order valence-electron chi connectivity index (χ3n) is 4.61. The highest BCUT2D eigenvalue weighted by Gasteiger charge is 2.25. The first-order valence-electron chi connectivity index (χ1n) is 8.76. The number of carbonyl (C=O) groups is 2. The van der Waals surface area contributed by atoms with Gasteiger partial charge in [-0.05, 0) is 37.0 Å². The van der Waals surface area contributed by atoms with Crippen molar-refractivity contribution in [3.8, 4) is 0 Å². The first kappa shape index (κ1) is 17.2. The fourth-order valence-corrected chi connectivity index (χ4v) is 3.45. The van der Waals surface area contributed by atoms with Gasteiger partial charge in [0.05, 0.1) is 12.5 Å². The molecule has 0 bridgehead atoms. The van der Waals surface area contributed by atoms with E-state index in [9.17, 15) is 9.59 Å². The van der Waals surface area contributed by atoms with Crippen molar-refractivity contribution in [3.05, 3.63) is 65.2 Å². The Morgan fingerprint density at radius 2 is 1.92 bits per heavy atom. The minimum atomic E-state index is -0.304. The maximum atomic E-state index is 13.0. The van der Waals surface area contributed by atoms with E-state index in [0.717, 1.165) is 30.6 Å². The fourth-order valence-electron chi connectivity index (χ4n) is 3.45. The standard InChI is InChI=1S/C21H24N2O2/c1-15-10-11-20-18(13-15)9-6-12-23(20)21(25)14-19(22-16(2)24)17-7-4-3-5-8-17/h3-5,7-8,10-11,13,19H,6,9,12,14H2,1-2H3,(H,22,24)/t19-/m0/s1. The second-order valence-electron chi connectivity index (χ2n) is 6.65. The van der Waals surface area contributed by atoms with Crippen molar-refractivity contribution in [2.75, 3.05) is 11.4 Å². The number of nitrogens with one attached hydrogen (secondary N) is 1. The fraction of sp³-hybridized carbons (Fsp3) is 0.333. The number of anilines is 1. The molecule has 1 aliphatic heterocycles. The highest BCUT2D eigenvalue weighted by atomic mass is 16.2. The van der Waals surface area contributed by atoms with E-state index >= 15 is 0 Å². The van der Waals surface area contributed by atoms with E-state index < -0.39 is 0 Å². The van der Waals surface area contributed by atoms with Gasteiger partial charge in [-0.25, -0.2) is 0 Å². The molecular formula is C21H24N2O2. The number of amides is 2. The molecule has 4 nitrogen and oxygen atoms in total. The number of rotatable bonds is 4. The van der Waals surface area contributed by atoms with E-state index in [1.807, 2.05) is 47.4 Å². The lowest BCUT2D eigenvalue weighted by atomic mass is 9.97. The molecule has 130 valence electrons. The number of nitrogens with zero attached hydrogens (tertiary/aromatic N) is 1. The van der Waals surface area contributed by atoms with E-state index in [4.69, 9.17) is 0 Å². The van der Waals surface area contributed by atoms with Gasteiger partial charge in [0, 0.05) is 19.2 Å². The maximum absolute atomic E-state index is 13.0. The normalized spacial score (nSPS) is 14.6. The second kappa shape index (κ2) is 7.51. The van der Waals surface area contributed by atoms with Crippen molar-refractivity contribution in [2.24, 2.45) is 0 Å². The van der Waals surface area contributed by atoms with Gasteiger partial charge < -0.3 is 10.2 Å². The van der Waals surface area contributed by atoms with E-state index in [2.05, 4.69) is 18.3 Å². The zero-order valence-corrected chi connectivity index (χ0v) is 14.8. The lowest BCUT2D eigenvalue weighted by Gasteiger charge is -2.31. The molecule has 1 heterocycles. The first-order valence-corrected chi connectivity index (χ1v) is 8.76. The lowest BCUT2D eigenvalue weighted by Crippen LogP contribution is -2.38. The number of carbonyl (C=O) groups excluding carboxylic acids is 2. The van der Waals surface area contributed by atoms with Crippen molar-refractivity contribution in [1.29, 1.82) is 0 Å². The van der Waals surface area contributed by atoms with Crippen LogP contribution in [0.1, 0.15) is 42.5 Å². The van der Waals surface area contributed by atoms with Gasteiger partial charge >= 0.3 is 0 Å². The molecule has 25 heavy (non-hydrogen) atoms. The second-order valence-corrected chi connectivity index (χ2v) is 6.65.